The van der Waals surface area contributed by atoms with Gasteiger partial charge in [-0.2, -0.15) is 0 Å². The highest BCUT2D eigenvalue weighted by atomic mass is 15.1. The van der Waals surface area contributed by atoms with E-state index in [1.807, 2.05) is 0 Å². The standard InChI is InChI=1S/C22H39N4/c1-4-6-8-10-11-13-15-25-17-14-23-21(25)20-22-24(3)18-19-26(22)16-12-9-7-5-2/h14,17-19H,4-13,15-16,20H2,1-3H3/q+1/p+1. The number of H-pyrrole nitrogens is 1. The number of imidazole rings is 2. The summed E-state index contributed by atoms with van der Waals surface area (Å²) in [5.41, 5.74) is 0. The zero-order chi connectivity index (χ0) is 18.6. The number of unbranched alkanes of at least 4 members (excludes halogenated alkanes) is 8. The van der Waals surface area contributed by atoms with E-state index in [0.717, 1.165) is 19.5 Å². The lowest BCUT2D eigenvalue weighted by molar-refractivity contribution is -0.708. The third-order valence-corrected chi connectivity index (χ3v) is 5.39. The number of aromatic nitrogens is 4. The number of nitrogens with one attached hydrogen (secondary N) is 1. The van der Waals surface area contributed by atoms with Gasteiger partial charge in [-0.3, -0.25) is 0 Å². The Hall–Kier alpha value is -1.58. The Labute approximate surface area is 160 Å². The highest BCUT2D eigenvalue weighted by molar-refractivity contribution is 4.94. The molecule has 2 aromatic heterocycles. The summed E-state index contributed by atoms with van der Waals surface area (Å²) < 4.78 is 7.12. The molecule has 0 saturated carbocycles. The summed E-state index contributed by atoms with van der Waals surface area (Å²) in [5.74, 6) is 2.71. The summed E-state index contributed by atoms with van der Waals surface area (Å²) in [7, 11) is 2.17. The molecule has 4 nitrogen and oxygen atoms in total. The topological polar surface area (TPSA) is 28.5 Å². The average molecular weight is 361 g/mol. The van der Waals surface area contributed by atoms with Gasteiger partial charge in [-0.25, -0.2) is 18.7 Å². The predicted molar refractivity (Wildman–Crippen MR) is 107 cm³/mol. The van der Waals surface area contributed by atoms with Crippen LogP contribution in [-0.4, -0.2) is 9.55 Å². The van der Waals surface area contributed by atoms with Gasteiger partial charge in [0.25, 0.3) is 11.6 Å². The lowest BCUT2D eigenvalue weighted by Gasteiger charge is -2.04. The Morgan fingerprint density at radius 3 is 2.35 bits per heavy atom. The van der Waals surface area contributed by atoms with E-state index in [1.54, 1.807) is 0 Å². The van der Waals surface area contributed by atoms with Crippen molar-refractivity contribution in [3.05, 3.63) is 36.4 Å². The monoisotopic (exact) mass is 360 g/mol. The van der Waals surface area contributed by atoms with Crippen molar-refractivity contribution < 1.29 is 9.13 Å². The quantitative estimate of drug-likeness (QED) is 0.381. The molecule has 146 valence electrons. The van der Waals surface area contributed by atoms with Crippen molar-refractivity contribution in [1.82, 2.24) is 9.55 Å². The molecule has 1 N–H and O–H groups in total. The maximum atomic E-state index is 3.47. The first-order valence-electron chi connectivity index (χ1n) is 10.9. The molecule has 0 fully saturated rings. The molecule has 0 aliphatic rings. The SMILES string of the molecule is CCCCCCCC[n+]1cc[nH]c1Cc1n(CCCCCC)cc[n+]1C. The summed E-state index contributed by atoms with van der Waals surface area (Å²) in [6.45, 7) is 6.82. The molecule has 4 heteroatoms. The van der Waals surface area contributed by atoms with Gasteiger partial charge >= 0.3 is 0 Å². The van der Waals surface area contributed by atoms with Gasteiger partial charge in [0.2, 0.25) is 0 Å². The smallest absolute Gasteiger partial charge is 0.247 e. The van der Waals surface area contributed by atoms with E-state index in [2.05, 4.69) is 64.4 Å². The van der Waals surface area contributed by atoms with Crippen LogP contribution >= 0.6 is 0 Å². The molecule has 0 bridgehead atoms. The second-order valence-corrected chi connectivity index (χ2v) is 7.62. The zero-order valence-corrected chi connectivity index (χ0v) is 17.3. The third-order valence-electron chi connectivity index (χ3n) is 5.39. The minimum atomic E-state index is 0.972. The molecule has 2 heterocycles. The van der Waals surface area contributed by atoms with Crippen molar-refractivity contribution in [3.63, 3.8) is 0 Å². The Kier molecular flexibility index (Phi) is 9.51. The minimum absolute atomic E-state index is 0.972. The number of hydrogen-bond acceptors (Lipinski definition) is 0. The van der Waals surface area contributed by atoms with Gasteiger partial charge in [0, 0.05) is 0 Å². The van der Waals surface area contributed by atoms with Crippen LogP contribution in [0.1, 0.15) is 89.7 Å². The number of nitrogens with zero attached hydrogens (tertiary/aromatic N) is 3. The molecule has 0 spiro atoms. The van der Waals surface area contributed by atoms with Crippen LogP contribution in [0.15, 0.2) is 24.8 Å². The van der Waals surface area contributed by atoms with Crippen LogP contribution in [0, 0.1) is 0 Å². The molecule has 0 radical (unpaired) electrons. The first-order chi connectivity index (χ1) is 12.8. The largest absolute Gasteiger partial charge is 0.268 e. The highest BCUT2D eigenvalue weighted by Crippen LogP contribution is 2.08. The van der Waals surface area contributed by atoms with Gasteiger partial charge in [0.05, 0.1) is 20.1 Å². The van der Waals surface area contributed by atoms with Crippen molar-refractivity contribution >= 4 is 0 Å². The van der Waals surface area contributed by atoms with Crippen LogP contribution in [0.25, 0.3) is 0 Å². The van der Waals surface area contributed by atoms with E-state index in [-0.39, 0.29) is 0 Å². The molecular formula is C22H40N4+2. The molecule has 0 unspecified atom stereocenters. The first-order valence-corrected chi connectivity index (χ1v) is 10.9. The molecule has 2 aromatic rings. The Balaban J connectivity index is 1.87. The zero-order valence-electron chi connectivity index (χ0n) is 17.3. The number of aryl methyl sites for hydroxylation is 3. The van der Waals surface area contributed by atoms with Crippen LogP contribution in [0.3, 0.4) is 0 Å². The lowest BCUT2D eigenvalue weighted by Crippen LogP contribution is -2.39. The second-order valence-electron chi connectivity index (χ2n) is 7.62. The average Bonchev–Trinajstić information content (AvgIpc) is 3.23. The summed E-state index contributed by atoms with van der Waals surface area (Å²) in [6.07, 6.45) is 23.0. The molecule has 26 heavy (non-hydrogen) atoms. The van der Waals surface area contributed by atoms with Crippen LogP contribution in [-0.2, 0) is 26.6 Å². The first kappa shape index (κ1) is 20.7. The van der Waals surface area contributed by atoms with E-state index in [9.17, 15) is 0 Å². The van der Waals surface area contributed by atoms with Crippen LogP contribution in [0.2, 0.25) is 0 Å². The van der Waals surface area contributed by atoms with Gasteiger partial charge in [-0.15, -0.1) is 0 Å². The number of hydrogen-bond donors (Lipinski definition) is 1. The fourth-order valence-corrected chi connectivity index (χ4v) is 3.66. The normalized spacial score (nSPS) is 11.3. The number of rotatable bonds is 14. The molecule has 0 aliphatic carbocycles. The van der Waals surface area contributed by atoms with Gasteiger partial charge in [0.15, 0.2) is 6.42 Å². The van der Waals surface area contributed by atoms with Gasteiger partial charge in [-0.05, 0) is 25.7 Å². The van der Waals surface area contributed by atoms with E-state index in [0.29, 0.717) is 0 Å². The maximum Gasteiger partial charge on any atom is 0.268 e. The molecule has 2 rings (SSSR count). The number of aromatic amines is 1. The molecule has 0 aliphatic heterocycles. The van der Waals surface area contributed by atoms with E-state index >= 15 is 0 Å². The Bertz CT molecular complexity index is 611. The Morgan fingerprint density at radius 1 is 0.885 bits per heavy atom. The lowest BCUT2D eigenvalue weighted by atomic mass is 10.1. The Morgan fingerprint density at radius 2 is 1.58 bits per heavy atom. The summed E-state index contributed by atoms with van der Waals surface area (Å²) in [4.78, 5) is 3.47. The van der Waals surface area contributed by atoms with Gasteiger partial charge < -0.3 is 0 Å². The summed E-state index contributed by atoms with van der Waals surface area (Å²) >= 11 is 0. The molecular weight excluding hydrogens is 320 g/mol. The van der Waals surface area contributed by atoms with Crippen LogP contribution in [0.4, 0.5) is 0 Å². The van der Waals surface area contributed by atoms with Gasteiger partial charge in [-0.1, -0.05) is 52.4 Å². The van der Waals surface area contributed by atoms with Crippen molar-refractivity contribution in [2.45, 2.75) is 97.6 Å². The van der Waals surface area contributed by atoms with Crippen molar-refractivity contribution in [1.29, 1.82) is 0 Å². The maximum absolute atomic E-state index is 3.47. The third kappa shape index (κ3) is 6.62. The van der Waals surface area contributed by atoms with Crippen LogP contribution in [0.5, 0.6) is 0 Å². The highest BCUT2D eigenvalue weighted by Gasteiger charge is 2.21. The fourth-order valence-electron chi connectivity index (χ4n) is 3.66. The molecule has 0 saturated heterocycles. The van der Waals surface area contributed by atoms with Crippen molar-refractivity contribution in [3.8, 4) is 0 Å². The predicted octanol–water partition coefficient (Wildman–Crippen LogP) is 4.46. The van der Waals surface area contributed by atoms with Crippen molar-refractivity contribution in [2.24, 2.45) is 7.05 Å². The fraction of sp³-hybridized carbons (Fsp3) is 0.727. The van der Waals surface area contributed by atoms with E-state index in [1.165, 1.54) is 75.9 Å². The molecule has 0 aromatic carbocycles. The second kappa shape index (κ2) is 11.9. The van der Waals surface area contributed by atoms with E-state index < -0.39 is 0 Å². The summed E-state index contributed by atoms with van der Waals surface area (Å²) in [6, 6.07) is 0. The van der Waals surface area contributed by atoms with Crippen LogP contribution < -0.4 is 9.13 Å². The van der Waals surface area contributed by atoms with E-state index in [4.69, 9.17) is 0 Å². The minimum Gasteiger partial charge on any atom is -0.247 e. The molecule has 0 amide bonds. The van der Waals surface area contributed by atoms with Gasteiger partial charge in [0.1, 0.15) is 24.8 Å². The molecule has 0 atom stereocenters. The van der Waals surface area contributed by atoms with Crippen molar-refractivity contribution in [2.75, 3.05) is 0 Å². The summed E-state index contributed by atoms with van der Waals surface area (Å²) in [5, 5.41) is 0.